The molecule has 0 spiro atoms. The molecule has 1 heterocycles. The van der Waals surface area contributed by atoms with Gasteiger partial charge in [0.25, 0.3) is 0 Å². The number of carboxylic acids is 1. The molecular formula is C11H18O5. The van der Waals surface area contributed by atoms with Crippen LogP contribution in [0.5, 0.6) is 0 Å². The van der Waals surface area contributed by atoms with Crippen LogP contribution in [0.3, 0.4) is 0 Å². The van der Waals surface area contributed by atoms with Crippen molar-refractivity contribution in [1.82, 2.24) is 0 Å². The lowest BCUT2D eigenvalue weighted by molar-refractivity contribution is -0.176. The maximum atomic E-state index is 11.2. The van der Waals surface area contributed by atoms with Crippen LogP contribution in [0.1, 0.15) is 33.6 Å². The number of aliphatic carboxylic acids is 1. The molecule has 0 aromatic carbocycles. The molecule has 0 bridgehead atoms. The van der Waals surface area contributed by atoms with Gasteiger partial charge in [-0.05, 0) is 26.2 Å². The summed E-state index contributed by atoms with van der Waals surface area (Å²) in [6.45, 7) is 5.10. The van der Waals surface area contributed by atoms with Crippen LogP contribution in [0.15, 0.2) is 0 Å². The van der Waals surface area contributed by atoms with E-state index >= 15 is 0 Å². The summed E-state index contributed by atoms with van der Waals surface area (Å²) in [4.78, 5) is 22.3. The fraction of sp³-hybridized carbons (Fsp3) is 0.818. The Morgan fingerprint density at radius 2 is 2.06 bits per heavy atom. The predicted octanol–water partition coefficient (Wildman–Crippen LogP) is 1.21. The molecule has 0 amide bonds. The van der Waals surface area contributed by atoms with Crippen LogP contribution >= 0.6 is 0 Å². The zero-order valence-electron chi connectivity index (χ0n) is 10.1. The second-order valence-corrected chi connectivity index (χ2v) is 4.82. The molecule has 0 aliphatic carbocycles. The van der Waals surface area contributed by atoms with Gasteiger partial charge in [-0.1, -0.05) is 6.92 Å². The van der Waals surface area contributed by atoms with E-state index in [9.17, 15) is 9.59 Å². The van der Waals surface area contributed by atoms with Crippen molar-refractivity contribution >= 4 is 11.9 Å². The molecule has 1 saturated heterocycles. The monoisotopic (exact) mass is 230 g/mol. The lowest BCUT2D eigenvalue weighted by Gasteiger charge is -2.27. The first kappa shape index (κ1) is 13.0. The number of carboxylic acid groups (broad SMARTS) is 1. The topological polar surface area (TPSA) is 72.8 Å². The van der Waals surface area contributed by atoms with Crippen molar-refractivity contribution in [2.24, 2.45) is 5.92 Å². The van der Waals surface area contributed by atoms with E-state index in [-0.39, 0.29) is 18.3 Å². The van der Waals surface area contributed by atoms with Crippen LogP contribution in [-0.2, 0) is 19.1 Å². The molecule has 5 nitrogen and oxygen atoms in total. The first-order valence-electron chi connectivity index (χ1n) is 5.24. The number of methoxy groups -OCH3 is 1. The molecule has 3 atom stereocenters. The number of carbonyl (C=O) groups excluding carboxylic acids is 1. The van der Waals surface area contributed by atoms with E-state index in [0.717, 1.165) is 0 Å². The van der Waals surface area contributed by atoms with Crippen LogP contribution in [0.4, 0.5) is 0 Å². The molecule has 1 aliphatic rings. The Morgan fingerprint density at radius 3 is 2.44 bits per heavy atom. The zero-order chi connectivity index (χ0) is 12.6. The molecule has 92 valence electrons. The molecule has 0 unspecified atom stereocenters. The van der Waals surface area contributed by atoms with E-state index in [1.54, 1.807) is 13.8 Å². The Bertz CT molecular complexity index is 313. The quantitative estimate of drug-likeness (QED) is 0.738. The summed E-state index contributed by atoms with van der Waals surface area (Å²) in [5, 5.41) is 9.13. The van der Waals surface area contributed by atoms with Gasteiger partial charge in [0.05, 0.1) is 19.1 Å². The van der Waals surface area contributed by atoms with Crippen molar-refractivity contribution in [3.63, 3.8) is 0 Å². The van der Waals surface area contributed by atoms with Gasteiger partial charge in [-0.15, -0.1) is 0 Å². The van der Waals surface area contributed by atoms with Gasteiger partial charge in [0.15, 0.2) is 5.60 Å². The third kappa shape index (κ3) is 2.19. The van der Waals surface area contributed by atoms with Gasteiger partial charge in [0, 0.05) is 0 Å². The summed E-state index contributed by atoms with van der Waals surface area (Å²) in [6.07, 6.45) is 0.613. The van der Waals surface area contributed by atoms with E-state index in [0.29, 0.717) is 6.42 Å². The summed E-state index contributed by atoms with van der Waals surface area (Å²) in [5.41, 5.74) is -1.97. The molecule has 1 N–H and O–H groups in total. The minimum Gasteiger partial charge on any atom is -0.479 e. The number of esters is 1. The maximum absolute atomic E-state index is 11.2. The Kier molecular flexibility index (Phi) is 3.28. The SMILES string of the molecule is COC(=O)C[C@@]1(C)C[C@H](C)[C@@](C)(C(=O)O)O1. The largest absolute Gasteiger partial charge is 0.479 e. The normalized spacial score (nSPS) is 38.4. The summed E-state index contributed by atoms with van der Waals surface area (Å²) in [7, 11) is 1.31. The Labute approximate surface area is 94.7 Å². The minimum atomic E-state index is -1.22. The number of rotatable bonds is 3. The highest BCUT2D eigenvalue weighted by atomic mass is 16.6. The number of ether oxygens (including phenoxy) is 2. The molecular weight excluding hydrogens is 212 g/mol. The van der Waals surface area contributed by atoms with E-state index in [2.05, 4.69) is 4.74 Å². The Balaban J connectivity index is 2.82. The highest BCUT2D eigenvalue weighted by molar-refractivity contribution is 5.78. The smallest absolute Gasteiger partial charge is 0.335 e. The molecule has 1 fully saturated rings. The van der Waals surface area contributed by atoms with Gasteiger partial charge >= 0.3 is 11.9 Å². The minimum absolute atomic E-state index is 0.0801. The number of hydrogen-bond acceptors (Lipinski definition) is 4. The predicted molar refractivity (Wildman–Crippen MR) is 55.9 cm³/mol. The summed E-state index contributed by atoms with van der Waals surface area (Å²) in [5.74, 6) is -1.52. The van der Waals surface area contributed by atoms with Gasteiger partial charge < -0.3 is 14.6 Å². The molecule has 16 heavy (non-hydrogen) atoms. The van der Waals surface area contributed by atoms with Gasteiger partial charge in [-0.3, -0.25) is 4.79 Å². The van der Waals surface area contributed by atoms with Gasteiger partial charge in [0.1, 0.15) is 0 Å². The summed E-state index contributed by atoms with van der Waals surface area (Å²) in [6, 6.07) is 0. The summed E-state index contributed by atoms with van der Waals surface area (Å²) < 4.78 is 10.2. The van der Waals surface area contributed by atoms with E-state index < -0.39 is 17.2 Å². The van der Waals surface area contributed by atoms with Crippen LogP contribution in [0.25, 0.3) is 0 Å². The third-order valence-electron chi connectivity index (χ3n) is 3.31. The second kappa shape index (κ2) is 4.05. The molecule has 0 aromatic heterocycles. The average Bonchev–Trinajstić information content (AvgIpc) is 2.38. The standard InChI is InChI=1S/C11H18O5/c1-7-5-10(2,6-8(12)15-4)16-11(7,3)9(13)14/h7H,5-6H2,1-4H3,(H,13,14)/t7-,10+,11-/m0/s1. The molecule has 5 heteroatoms. The van der Waals surface area contributed by atoms with Gasteiger partial charge in [-0.25, -0.2) is 4.79 Å². The van der Waals surface area contributed by atoms with E-state index in [1.165, 1.54) is 7.11 Å². The van der Waals surface area contributed by atoms with Gasteiger partial charge in [-0.2, -0.15) is 0 Å². The summed E-state index contributed by atoms with van der Waals surface area (Å²) >= 11 is 0. The van der Waals surface area contributed by atoms with Crippen LogP contribution in [-0.4, -0.2) is 35.4 Å². The van der Waals surface area contributed by atoms with Gasteiger partial charge in [0.2, 0.25) is 0 Å². The first-order chi connectivity index (χ1) is 7.23. The Hall–Kier alpha value is -1.10. The molecule has 1 aliphatic heterocycles. The highest BCUT2D eigenvalue weighted by Gasteiger charge is 2.54. The molecule has 0 radical (unpaired) electrons. The fourth-order valence-corrected chi connectivity index (χ4v) is 2.24. The van der Waals surface area contributed by atoms with Crippen LogP contribution in [0.2, 0.25) is 0 Å². The van der Waals surface area contributed by atoms with Crippen molar-refractivity contribution in [2.75, 3.05) is 7.11 Å². The maximum Gasteiger partial charge on any atom is 0.335 e. The van der Waals surface area contributed by atoms with E-state index in [4.69, 9.17) is 9.84 Å². The lowest BCUT2D eigenvalue weighted by Crippen LogP contribution is -2.42. The lowest BCUT2D eigenvalue weighted by atomic mass is 9.86. The highest BCUT2D eigenvalue weighted by Crippen LogP contribution is 2.44. The number of carbonyl (C=O) groups is 2. The third-order valence-corrected chi connectivity index (χ3v) is 3.31. The van der Waals surface area contributed by atoms with Crippen LogP contribution in [0, 0.1) is 5.92 Å². The zero-order valence-corrected chi connectivity index (χ0v) is 10.1. The fourth-order valence-electron chi connectivity index (χ4n) is 2.24. The van der Waals surface area contributed by atoms with Crippen molar-refractivity contribution in [3.05, 3.63) is 0 Å². The number of hydrogen-bond donors (Lipinski definition) is 1. The van der Waals surface area contributed by atoms with Crippen molar-refractivity contribution in [3.8, 4) is 0 Å². The van der Waals surface area contributed by atoms with E-state index in [1.807, 2.05) is 6.92 Å². The molecule has 0 saturated carbocycles. The van der Waals surface area contributed by atoms with Crippen molar-refractivity contribution in [1.29, 1.82) is 0 Å². The second-order valence-electron chi connectivity index (χ2n) is 4.82. The first-order valence-corrected chi connectivity index (χ1v) is 5.24. The average molecular weight is 230 g/mol. The molecule has 0 aromatic rings. The molecule has 1 rings (SSSR count). The Morgan fingerprint density at radius 1 is 1.50 bits per heavy atom. The van der Waals surface area contributed by atoms with Crippen molar-refractivity contribution < 1.29 is 24.2 Å². The van der Waals surface area contributed by atoms with Crippen molar-refractivity contribution in [2.45, 2.75) is 44.8 Å². The van der Waals surface area contributed by atoms with Crippen LogP contribution < -0.4 is 0 Å².